The van der Waals surface area contributed by atoms with Crippen molar-refractivity contribution in [1.29, 1.82) is 0 Å². The van der Waals surface area contributed by atoms with E-state index in [0.717, 1.165) is 32.8 Å². The van der Waals surface area contributed by atoms with Gasteiger partial charge in [0.1, 0.15) is 0 Å². The Morgan fingerprint density at radius 2 is 1.95 bits per heavy atom. The molecular formula is C14H19BrN2O2. The number of hydrogen-bond acceptors (Lipinski definition) is 3. The number of morpholine rings is 1. The Labute approximate surface area is 122 Å². The summed E-state index contributed by atoms with van der Waals surface area (Å²) in [6.07, 6.45) is 0. The van der Waals surface area contributed by atoms with Crippen molar-refractivity contribution in [3.05, 3.63) is 35.4 Å². The van der Waals surface area contributed by atoms with E-state index in [2.05, 4.69) is 38.3 Å². The van der Waals surface area contributed by atoms with Gasteiger partial charge in [0.25, 0.3) is 0 Å². The van der Waals surface area contributed by atoms with Gasteiger partial charge in [0.15, 0.2) is 0 Å². The van der Waals surface area contributed by atoms with Crippen LogP contribution in [0.3, 0.4) is 0 Å². The first-order valence-corrected chi connectivity index (χ1v) is 7.61. The van der Waals surface area contributed by atoms with Crippen LogP contribution in [-0.2, 0) is 22.6 Å². The second-order valence-corrected chi connectivity index (χ2v) is 5.13. The standard InChI is InChI=1S/C14H19BrN2O2/c15-9-14(18)16-10-12-3-1-2-4-13(12)11-17-5-7-19-8-6-17/h1-4H,5-11H2,(H,16,18). The van der Waals surface area contributed by atoms with Gasteiger partial charge in [-0.3, -0.25) is 9.69 Å². The van der Waals surface area contributed by atoms with Crippen molar-refractivity contribution < 1.29 is 9.53 Å². The van der Waals surface area contributed by atoms with Crippen LogP contribution in [-0.4, -0.2) is 42.4 Å². The van der Waals surface area contributed by atoms with Crippen LogP contribution in [0.2, 0.25) is 0 Å². The van der Waals surface area contributed by atoms with E-state index in [0.29, 0.717) is 11.9 Å². The molecule has 0 aromatic heterocycles. The van der Waals surface area contributed by atoms with Crippen LogP contribution >= 0.6 is 15.9 Å². The van der Waals surface area contributed by atoms with E-state index in [-0.39, 0.29) is 5.91 Å². The quantitative estimate of drug-likeness (QED) is 0.834. The summed E-state index contributed by atoms with van der Waals surface area (Å²) in [6, 6.07) is 8.26. The van der Waals surface area contributed by atoms with Crippen LogP contribution in [0.4, 0.5) is 0 Å². The molecule has 104 valence electrons. The Hall–Kier alpha value is -0.910. The fraction of sp³-hybridized carbons (Fsp3) is 0.500. The van der Waals surface area contributed by atoms with Crippen LogP contribution in [0.5, 0.6) is 0 Å². The van der Waals surface area contributed by atoms with E-state index in [1.54, 1.807) is 0 Å². The lowest BCUT2D eigenvalue weighted by molar-refractivity contribution is -0.118. The normalized spacial score (nSPS) is 16.3. The highest BCUT2D eigenvalue weighted by atomic mass is 79.9. The molecule has 0 saturated carbocycles. The SMILES string of the molecule is O=C(CBr)NCc1ccccc1CN1CCOCC1. The van der Waals surface area contributed by atoms with Crippen molar-refractivity contribution in [2.45, 2.75) is 13.1 Å². The predicted octanol–water partition coefficient (Wildman–Crippen LogP) is 1.53. The monoisotopic (exact) mass is 326 g/mol. The summed E-state index contributed by atoms with van der Waals surface area (Å²) in [5, 5.41) is 3.24. The van der Waals surface area contributed by atoms with Gasteiger partial charge < -0.3 is 10.1 Å². The summed E-state index contributed by atoms with van der Waals surface area (Å²) in [4.78, 5) is 13.7. The highest BCUT2D eigenvalue weighted by molar-refractivity contribution is 9.09. The molecule has 0 radical (unpaired) electrons. The number of ether oxygens (including phenoxy) is 1. The number of halogens is 1. The molecule has 2 rings (SSSR count). The number of carbonyl (C=O) groups is 1. The van der Waals surface area contributed by atoms with E-state index in [9.17, 15) is 4.79 Å². The summed E-state index contributed by atoms with van der Waals surface area (Å²) >= 11 is 3.15. The molecule has 1 fully saturated rings. The number of hydrogen-bond donors (Lipinski definition) is 1. The molecule has 1 N–H and O–H groups in total. The zero-order chi connectivity index (χ0) is 13.5. The Morgan fingerprint density at radius 1 is 1.26 bits per heavy atom. The van der Waals surface area contributed by atoms with Gasteiger partial charge in [-0.1, -0.05) is 40.2 Å². The van der Waals surface area contributed by atoms with Gasteiger partial charge in [-0.25, -0.2) is 0 Å². The summed E-state index contributed by atoms with van der Waals surface area (Å²) in [5.41, 5.74) is 2.46. The van der Waals surface area contributed by atoms with Gasteiger partial charge in [-0.05, 0) is 11.1 Å². The van der Waals surface area contributed by atoms with Gasteiger partial charge in [0, 0.05) is 26.2 Å². The molecule has 1 aliphatic rings. The maximum Gasteiger partial charge on any atom is 0.230 e. The largest absolute Gasteiger partial charge is 0.379 e. The lowest BCUT2D eigenvalue weighted by Crippen LogP contribution is -2.36. The van der Waals surface area contributed by atoms with E-state index < -0.39 is 0 Å². The minimum atomic E-state index is 0.0150. The van der Waals surface area contributed by atoms with Crippen LogP contribution in [0.25, 0.3) is 0 Å². The molecular weight excluding hydrogens is 308 g/mol. The Morgan fingerprint density at radius 3 is 2.63 bits per heavy atom. The van der Waals surface area contributed by atoms with Crippen LogP contribution in [0.1, 0.15) is 11.1 Å². The first kappa shape index (κ1) is 14.5. The molecule has 0 spiro atoms. The second kappa shape index (κ2) is 7.62. The molecule has 1 amide bonds. The van der Waals surface area contributed by atoms with E-state index in [1.807, 2.05) is 12.1 Å². The first-order valence-electron chi connectivity index (χ1n) is 6.49. The lowest BCUT2D eigenvalue weighted by atomic mass is 10.1. The Kier molecular flexibility index (Phi) is 5.82. The summed E-state index contributed by atoms with van der Waals surface area (Å²) in [6.45, 7) is 5.07. The molecule has 5 heteroatoms. The molecule has 1 aliphatic heterocycles. The second-order valence-electron chi connectivity index (χ2n) is 4.57. The summed E-state index contributed by atoms with van der Waals surface area (Å²) < 4.78 is 5.36. The molecule has 1 heterocycles. The molecule has 1 aromatic carbocycles. The number of nitrogens with zero attached hydrogens (tertiary/aromatic N) is 1. The molecule has 4 nitrogen and oxygen atoms in total. The fourth-order valence-corrected chi connectivity index (χ4v) is 2.32. The van der Waals surface area contributed by atoms with E-state index in [4.69, 9.17) is 4.74 Å². The Bertz CT molecular complexity index is 420. The zero-order valence-corrected chi connectivity index (χ0v) is 12.5. The topological polar surface area (TPSA) is 41.6 Å². The van der Waals surface area contributed by atoms with Gasteiger partial charge >= 0.3 is 0 Å². The van der Waals surface area contributed by atoms with Gasteiger partial charge in [-0.15, -0.1) is 0 Å². The number of rotatable bonds is 5. The van der Waals surface area contributed by atoms with Gasteiger partial charge in [-0.2, -0.15) is 0 Å². The smallest absolute Gasteiger partial charge is 0.230 e. The van der Waals surface area contributed by atoms with Crippen molar-refractivity contribution in [1.82, 2.24) is 10.2 Å². The minimum absolute atomic E-state index is 0.0150. The highest BCUT2D eigenvalue weighted by Gasteiger charge is 2.12. The number of benzene rings is 1. The molecule has 19 heavy (non-hydrogen) atoms. The molecule has 0 aliphatic carbocycles. The summed E-state index contributed by atoms with van der Waals surface area (Å²) in [7, 11) is 0. The van der Waals surface area contributed by atoms with Crippen LogP contribution < -0.4 is 5.32 Å². The zero-order valence-electron chi connectivity index (χ0n) is 10.9. The van der Waals surface area contributed by atoms with Crippen molar-refractivity contribution in [3.63, 3.8) is 0 Å². The number of alkyl halides is 1. The van der Waals surface area contributed by atoms with Crippen molar-refractivity contribution >= 4 is 21.8 Å². The van der Waals surface area contributed by atoms with Crippen LogP contribution in [0, 0.1) is 0 Å². The minimum Gasteiger partial charge on any atom is -0.379 e. The third-order valence-corrected chi connectivity index (χ3v) is 3.72. The third-order valence-electron chi connectivity index (χ3n) is 3.21. The summed E-state index contributed by atoms with van der Waals surface area (Å²) in [5.74, 6) is 0.0150. The lowest BCUT2D eigenvalue weighted by Gasteiger charge is -2.27. The van der Waals surface area contributed by atoms with E-state index >= 15 is 0 Å². The van der Waals surface area contributed by atoms with Crippen molar-refractivity contribution in [3.8, 4) is 0 Å². The molecule has 0 bridgehead atoms. The predicted molar refractivity (Wildman–Crippen MR) is 78.2 cm³/mol. The van der Waals surface area contributed by atoms with Gasteiger partial charge in [0.05, 0.1) is 18.5 Å². The average Bonchev–Trinajstić information content (AvgIpc) is 2.47. The maximum atomic E-state index is 11.3. The van der Waals surface area contributed by atoms with E-state index in [1.165, 1.54) is 11.1 Å². The molecule has 0 atom stereocenters. The highest BCUT2D eigenvalue weighted by Crippen LogP contribution is 2.12. The molecule has 0 unspecified atom stereocenters. The number of amides is 1. The van der Waals surface area contributed by atoms with Crippen molar-refractivity contribution in [2.24, 2.45) is 0 Å². The average molecular weight is 327 g/mol. The number of carbonyl (C=O) groups excluding carboxylic acids is 1. The fourth-order valence-electron chi connectivity index (χ4n) is 2.13. The molecule has 1 saturated heterocycles. The maximum absolute atomic E-state index is 11.3. The van der Waals surface area contributed by atoms with Crippen molar-refractivity contribution in [2.75, 3.05) is 31.6 Å². The third kappa shape index (κ3) is 4.60. The van der Waals surface area contributed by atoms with Gasteiger partial charge in [0.2, 0.25) is 5.91 Å². The first-order chi connectivity index (χ1) is 9.29. The Balaban J connectivity index is 1.96. The van der Waals surface area contributed by atoms with Crippen LogP contribution in [0.15, 0.2) is 24.3 Å². The number of nitrogens with one attached hydrogen (secondary N) is 1. The molecule has 1 aromatic rings.